The molecule has 1 atom stereocenters. The smallest absolute Gasteiger partial charge is 0.243 e. The van der Waals surface area contributed by atoms with Gasteiger partial charge in [-0.1, -0.05) is 59.9 Å². The van der Waals surface area contributed by atoms with Gasteiger partial charge < -0.3 is 10.2 Å². The van der Waals surface area contributed by atoms with Crippen LogP contribution in [0, 0.1) is 0 Å². The number of benzene rings is 2. The van der Waals surface area contributed by atoms with Crippen LogP contribution in [0.15, 0.2) is 42.5 Å². The average molecular weight is 516 g/mol. The molecular weight excluding hydrogens is 487 g/mol. The van der Waals surface area contributed by atoms with Gasteiger partial charge in [-0.25, -0.2) is 0 Å². The van der Waals surface area contributed by atoms with E-state index in [1.807, 2.05) is 45.9 Å². The summed E-state index contributed by atoms with van der Waals surface area (Å²) >= 11 is 19.5. The number of amides is 2. The van der Waals surface area contributed by atoms with Crippen LogP contribution in [0.1, 0.15) is 45.2 Å². The summed E-state index contributed by atoms with van der Waals surface area (Å²) in [5, 5.41) is 4.62. The summed E-state index contributed by atoms with van der Waals surface area (Å²) in [4.78, 5) is 27.9. The van der Waals surface area contributed by atoms with E-state index in [-0.39, 0.29) is 23.1 Å². The number of carbonyl (C=O) groups excluding carboxylic acids is 2. The highest BCUT2D eigenvalue weighted by atomic mass is 35.5. The molecular formula is C24H29Cl3N2O2S. The Morgan fingerprint density at radius 3 is 2.19 bits per heavy atom. The molecule has 174 valence electrons. The van der Waals surface area contributed by atoms with Gasteiger partial charge in [-0.15, -0.1) is 11.8 Å². The van der Waals surface area contributed by atoms with E-state index in [9.17, 15) is 9.59 Å². The topological polar surface area (TPSA) is 49.4 Å². The van der Waals surface area contributed by atoms with Gasteiger partial charge in [-0.2, -0.15) is 0 Å². The van der Waals surface area contributed by atoms with E-state index in [4.69, 9.17) is 34.8 Å². The molecule has 32 heavy (non-hydrogen) atoms. The first-order valence-electron chi connectivity index (χ1n) is 10.4. The van der Waals surface area contributed by atoms with Gasteiger partial charge in [0.05, 0.1) is 15.8 Å². The van der Waals surface area contributed by atoms with Gasteiger partial charge in [0.25, 0.3) is 0 Å². The normalized spacial score (nSPS) is 12.3. The largest absolute Gasteiger partial charge is 0.350 e. The zero-order chi connectivity index (χ0) is 23.9. The van der Waals surface area contributed by atoms with Crippen LogP contribution in [0.4, 0.5) is 0 Å². The summed E-state index contributed by atoms with van der Waals surface area (Å²) in [6.45, 7) is 8.03. The van der Waals surface area contributed by atoms with Crippen molar-refractivity contribution in [2.45, 2.75) is 58.0 Å². The van der Waals surface area contributed by atoms with Gasteiger partial charge in [0, 0.05) is 22.9 Å². The van der Waals surface area contributed by atoms with Gasteiger partial charge in [0.2, 0.25) is 11.8 Å². The zero-order valence-corrected chi connectivity index (χ0v) is 21.8. The lowest BCUT2D eigenvalue weighted by atomic mass is 10.1. The number of halogens is 3. The summed E-state index contributed by atoms with van der Waals surface area (Å²) in [6, 6.07) is 12.2. The summed E-state index contributed by atoms with van der Waals surface area (Å²) in [5.74, 6) is 0.605. The number of carbonyl (C=O) groups is 2. The molecule has 2 rings (SSSR count). The highest BCUT2D eigenvalue weighted by Crippen LogP contribution is 2.25. The molecule has 8 heteroatoms. The first kappa shape index (κ1) is 26.8. The van der Waals surface area contributed by atoms with Crippen molar-refractivity contribution >= 4 is 58.4 Å². The first-order valence-corrected chi connectivity index (χ1v) is 12.7. The van der Waals surface area contributed by atoms with Crippen LogP contribution in [0.3, 0.4) is 0 Å². The van der Waals surface area contributed by atoms with Gasteiger partial charge in [0.1, 0.15) is 6.04 Å². The quantitative estimate of drug-likeness (QED) is 0.409. The molecule has 0 radical (unpaired) electrons. The lowest BCUT2D eigenvalue weighted by Gasteiger charge is -2.33. The number of rotatable bonds is 9. The fraction of sp³-hybridized carbons (Fsp3) is 0.417. The highest BCUT2D eigenvalue weighted by Gasteiger charge is 2.30. The maximum Gasteiger partial charge on any atom is 0.243 e. The minimum absolute atomic E-state index is 0.0964. The van der Waals surface area contributed by atoms with Crippen molar-refractivity contribution in [2.75, 3.05) is 5.75 Å². The predicted octanol–water partition coefficient (Wildman–Crippen LogP) is 6.60. The highest BCUT2D eigenvalue weighted by molar-refractivity contribution is 7.99. The fourth-order valence-corrected chi connectivity index (χ4v) is 4.43. The Morgan fingerprint density at radius 1 is 1.00 bits per heavy atom. The molecule has 0 aliphatic rings. The molecule has 4 nitrogen and oxygen atoms in total. The molecule has 2 aromatic carbocycles. The second-order valence-corrected chi connectivity index (χ2v) is 10.8. The molecule has 0 fully saturated rings. The second-order valence-electron chi connectivity index (χ2n) is 8.55. The van der Waals surface area contributed by atoms with E-state index >= 15 is 0 Å². The monoisotopic (exact) mass is 514 g/mol. The van der Waals surface area contributed by atoms with Crippen LogP contribution in [-0.2, 0) is 21.9 Å². The molecule has 0 saturated heterocycles. The first-order chi connectivity index (χ1) is 15.0. The summed E-state index contributed by atoms with van der Waals surface area (Å²) in [5.41, 5.74) is 1.51. The average Bonchev–Trinajstić information content (AvgIpc) is 2.70. The summed E-state index contributed by atoms with van der Waals surface area (Å²) in [7, 11) is 0. The van der Waals surface area contributed by atoms with E-state index < -0.39 is 6.04 Å². The van der Waals surface area contributed by atoms with Crippen LogP contribution in [0.2, 0.25) is 15.1 Å². The Labute approximate surface area is 210 Å². The maximum atomic E-state index is 13.2. The third-order valence-electron chi connectivity index (χ3n) is 4.63. The Hall–Kier alpha value is -1.40. The van der Waals surface area contributed by atoms with Crippen LogP contribution in [0.5, 0.6) is 0 Å². The van der Waals surface area contributed by atoms with Gasteiger partial charge in [-0.3, -0.25) is 9.59 Å². The van der Waals surface area contributed by atoms with Crippen LogP contribution >= 0.6 is 46.6 Å². The third kappa shape index (κ3) is 8.51. The molecule has 0 bridgehead atoms. The van der Waals surface area contributed by atoms with Crippen LogP contribution in [-0.4, -0.2) is 34.0 Å². The van der Waals surface area contributed by atoms with E-state index in [1.54, 1.807) is 29.2 Å². The standard InChI is InChI=1S/C24H29Cl3N2O2S/c1-5-21(23(31)28-24(2,3)4)29(13-16-6-9-18(25)10-7-16)22(30)15-32-14-17-8-11-19(26)20(27)12-17/h6-12,21H,5,13-15H2,1-4H3,(H,28,31). The Bertz CT molecular complexity index is 930. The lowest BCUT2D eigenvalue weighted by Crippen LogP contribution is -2.53. The zero-order valence-electron chi connectivity index (χ0n) is 18.8. The molecule has 1 unspecified atom stereocenters. The van der Waals surface area contributed by atoms with E-state index in [0.29, 0.717) is 33.8 Å². The number of nitrogens with zero attached hydrogens (tertiary/aromatic N) is 1. The van der Waals surface area contributed by atoms with Crippen molar-refractivity contribution in [2.24, 2.45) is 0 Å². The number of nitrogens with one attached hydrogen (secondary N) is 1. The maximum absolute atomic E-state index is 13.2. The van der Waals surface area contributed by atoms with E-state index in [1.165, 1.54) is 11.8 Å². The van der Waals surface area contributed by atoms with E-state index in [2.05, 4.69) is 5.32 Å². The predicted molar refractivity (Wildman–Crippen MR) is 137 cm³/mol. The van der Waals surface area contributed by atoms with Gasteiger partial charge in [0.15, 0.2) is 0 Å². The Balaban J connectivity index is 2.15. The number of thioether (sulfide) groups is 1. The van der Waals surface area contributed by atoms with Crippen molar-refractivity contribution in [3.05, 3.63) is 68.7 Å². The molecule has 0 heterocycles. The Morgan fingerprint density at radius 2 is 1.62 bits per heavy atom. The third-order valence-corrected chi connectivity index (χ3v) is 6.61. The van der Waals surface area contributed by atoms with Gasteiger partial charge >= 0.3 is 0 Å². The van der Waals surface area contributed by atoms with Crippen molar-refractivity contribution < 1.29 is 9.59 Å². The van der Waals surface area contributed by atoms with Crippen LogP contribution in [0.25, 0.3) is 0 Å². The molecule has 0 aliphatic carbocycles. The van der Waals surface area contributed by atoms with Crippen molar-refractivity contribution in [1.82, 2.24) is 10.2 Å². The van der Waals surface area contributed by atoms with Crippen molar-refractivity contribution in [1.29, 1.82) is 0 Å². The molecule has 0 aromatic heterocycles. The molecule has 0 spiro atoms. The fourth-order valence-electron chi connectivity index (χ4n) is 3.13. The van der Waals surface area contributed by atoms with Crippen LogP contribution < -0.4 is 5.32 Å². The van der Waals surface area contributed by atoms with Gasteiger partial charge in [-0.05, 0) is 62.6 Å². The molecule has 0 aliphatic heterocycles. The molecule has 2 aromatic rings. The SMILES string of the molecule is CCC(C(=O)NC(C)(C)C)N(Cc1ccc(Cl)cc1)C(=O)CSCc1ccc(Cl)c(Cl)c1. The molecule has 2 amide bonds. The molecule has 0 saturated carbocycles. The minimum atomic E-state index is -0.567. The summed E-state index contributed by atoms with van der Waals surface area (Å²) < 4.78 is 0. The number of hydrogen-bond acceptors (Lipinski definition) is 3. The molecule has 1 N–H and O–H groups in total. The second kappa shape index (κ2) is 12.2. The van der Waals surface area contributed by atoms with Crippen molar-refractivity contribution in [3.63, 3.8) is 0 Å². The summed E-state index contributed by atoms with van der Waals surface area (Å²) in [6.07, 6.45) is 0.513. The minimum Gasteiger partial charge on any atom is -0.350 e. The Kier molecular flexibility index (Phi) is 10.2. The lowest BCUT2D eigenvalue weighted by molar-refractivity contribution is -0.140. The number of hydrogen-bond donors (Lipinski definition) is 1. The van der Waals surface area contributed by atoms with Crippen molar-refractivity contribution in [3.8, 4) is 0 Å². The van der Waals surface area contributed by atoms with E-state index in [0.717, 1.165) is 11.1 Å².